The SMILES string of the molecule is N=Nc1cc(Cl)cc(Cl)c1. The zero-order valence-corrected chi connectivity index (χ0v) is 6.45. The lowest BCUT2D eigenvalue weighted by Crippen LogP contribution is -1.65. The highest BCUT2D eigenvalue weighted by Gasteiger charge is 1.94. The van der Waals surface area contributed by atoms with Gasteiger partial charge in [-0.1, -0.05) is 23.2 Å². The maximum absolute atomic E-state index is 6.64. The van der Waals surface area contributed by atoms with Crippen LogP contribution in [0.3, 0.4) is 0 Å². The molecule has 1 aromatic carbocycles. The summed E-state index contributed by atoms with van der Waals surface area (Å²) in [4.78, 5) is 0. The van der Waals surface area contributed by atoms with Crippen molar-refractivity contribution in [2.45, 2.75) is 0 Å². The predicted molar refractivity (Wildman–Crippen MR) is 41.3 cm³/mol. The summed E-state index contributed by atoms with van der Waals surface area (Å²) in [7, 11) is 0. The second-order valence-corrected chi connectivity index (χ2v) is 2.61. The number of nitrogens with one attached hydrogen (secondary N) is 1. The Hall–Kier alpha value is -0.600. The van der Waals surface area contributed by atoms with Crippen molar-refractivity contribution < 1.29 is 0 Å². The lowest BCUT2D eigenvalue weighted by atomic mass is 10.3. The molecular formula is C6H4Cl2N2. The molecular weight excluding hydrogens is 171 g/mol. The van der Waals surface area contributed by atoms with Gasteiger partial charge >= 0.3 is 0 Å². The molecule has 0 aliphatic heterocycles. The summed E-state index contributed by atoms with van der Waals surface area (Å²) in [5, 5.41) is 4.17. The molecule has 0 aliphatic carbocycles. The quantitative estimate of drug-likeness (QED) is 0.632. The first-order valence-corrected chi connectivity index (χ1v) is 3.31. The van der Waals surface area contributed by atoms with Crippen LogP contribution in [0.1, 0.15) is 0 Å². The Morgan fingerprint density at radius 1 is 1.10 bits per heavy atom. The molecule has 0 heterocycles. The summed E-state index contributed by atoms with van der Waals surface area (Å²) in [6.45, 7) is 0. The van der Waals surface area contributed by atoms with Crippen LogP contribution >= 0.6 is 23.2 Å². The lowest BCUT2D eigenvalue weighted by molar-refractivity contribution is 1.15. The molecule has 2 nitrogen and oxygen atoms in total. The van der Waals surface area contributed by atoms with Crippen LogP contribution in [0, 0.1) is 5.53 Å². The van der Waals surface area contributed by atoms with Crippen molar-refractivity contribution in [3.8, 4) is 0 Å². The van der Waals surface area contributed by atoms with E-state index in [0.717, 1.165) is 0 Å². The second-order valence-electron chi connectivity index (χ2n) is 1.74. The molecule has 0 spiro atoms. The highest BCUT2D eigenvalue weighted by molar-refractivity contribution is 6.35. The summed E-state index contributed by atoms with van der Waals surface area (Å²) < 4.78 is 0. The Balaban J connectivity index is 3.18. The van der Waals surface area contributed by atoms with Gasteiger partial charge in [-0.3, -0.25) is 0 Å². The molecule has 1 rings (SSSR count). The fraction of sp³-hybridized carbons (Fsp3) is 0. The van der Waals surface area contributed by atoms with E-state index in [0.29, 0.717) is 15.7 Å². The minimum atomic E-state index is 0.470. The Morgan fingerprint density at radius 2 is 1.60 bits per heavy atom. The van der Waals surface area contributed by atoms with E-state index in [-0.39, 0.29) is 0 Å². The average molecular weight is 175 g/mol. The number of nitrogens with zero attached hydrogens (tertiary/aromatic N) is 1. The van der Waals surface area contributed by atoms with E-state index < -0.39 is 0 Å². The van der Waals surface area contributed by atoms with Gasteiger partial charge in [-0.2, -0.15) is 5.11 Å². The summed E-state index contributed by atoms with van der Waals surface area (Å²) in [6, 6.07) is 4.73. The highest BCUT2D eigenvalue weighted by Crippen LogP contribution is 2.23. The minimum absolute atomic E-state index is 0.470. The van der Waals surface area contributed by atoms with Crippen LogP contribution in [0.2, 0.25) is 10.0 Å². The largest absolute Gasteiger partial charge is 0.204 e. The molecule has 1 N–H and O–H groups in total. The molecule has 0 radical (unpaired) electrons. The van der Waals surface area contributed by atoms with E-state index in [1.165, 1.54) is 0 Å². The minimum Gasteiger partial charge on any atom is -0.204 e. The fourth-order valence-electron chi connectivity index (χ4n) is 0.604. The van der Waals surface area contributed by atoms with Gasteiger partial charge in [0, 0.05) is 10.0 Å². The van der Waals surface area contributed by atoms with Crippen molar-refractivity contribution in [1.29, 1.82) is 5.53 Å². The first-order chi connectivity index (χ1) is 4.72. The summed E-state index contributed by atoms with van der Waals surface area (Å²) in [5.41, 5.74) is 7.11. The van der Waals surface area contributed by atoms with Gasteiger partial charge in [0.25, 0.3) is 0 Å². The molecule has 4 heteroatoms. The second kappa shape index (κ2) is 2.99. The Bertz CT molecular complexity index is 240. The van der Waals surface area contributed by atoms with E-state index in [9.17, 15) is 0 Å². The van der Waals surface area contributed by atoms with Gasteiger partial charge in [0.15, 0.2) is 0 Å². The maximum Gasteiger partial charge on any atom is 0.0879 e. The van der Waals surface area contributed by atoms with E-state index in [1.807, 2.05) is 0 Å². The van der Waals surface area contributed by atoms with Gasteiger partial charge in [-0.25, -0.2) is 5.53 Å². The Morgan fingerprint density at radius 3 is 2.00 bits per heavy atom. The van der Waals surface area contributed by atoms with Crippen LogP contribution in [-0.2, 0) is 0 Å². The van der Waals surface area contributed by atoms with Crippen molar-refractivity contribution >= 4 is 28.9 Å². The molecule has 0 aromatic heterocycles. The third-order valence-corrected chi connectivity index (χ3v) is 1.41. The average Bonchev–Trinajstić information content (AvgIpc) is 1.85. The van der Waals surface area contributed by atoms with Gasteiger partial charge in [-0.15, -0.1) is 0 Å². The molecule has 0 unspecified atom stereocenters. The van der Waals surface area contributed by atoms with E-state index in [2.05, 4.69) is 5.11 Å². The molecule has 0 aliphatic rings. The monoisotopic (exact) mass is 174 g/mol. The van der Waals surface area contributed by atoms with Gasteiger partial charge in [0.2, 0.25) is 0 Å². The van der Waals surface area contributed by atoms with Crippen LogP contribution < -0.4 is 0 Å². The van der Waals surface area contributed by atoms with Gasteiger partial charge in [0.05, 0.1) is 5.69 Å². The normalized spacial score (nSPS) is 9.40. The van der Waals surface area contributed by atoms with Crippen molar-refractivity contribution in [3.63, 3.8) is 0 Å². The highest BCUT2D eigenvalue weighted by atomic mass is 35.5. The van der Waals surface area contributed by atoms with E-state index in [1.54, 1.807) is 18.2 Å². The Kier molecular flexibility index (Phi) is 2.25. The number of halogens is 2. The molecule has 0 bridgehead atoms. The van der Waals surface area contributed by atoms with Crippen LogP contribution in [0.25, 0.3) is 0 Å². The summed E-state index contributed by atoms with van der Waals surface area (Å²) in [5.74, 6) is 0. The fourth-order valence-corrected chi connectivity index (χ4v) is 1.12. The topological polar surface area (TPSA) is 36.2 Å². The summed E-state index contributed by atoms with van der Waals surface area (Å²) in [6.07, 6.45) is 0. The van der Waals surface area contributed by atoms with Crippen molar-refractivity contribution in [3.05, 3.63) is 28.2 Å². The van der Waals surface area contributed by atoms with Crippen molar-refractivity contribution in [2.24, 2.45) is 5.11 Å². The zero-order chi connectivity index (χ0) is 7.56. The van der Waals surface area contributed by atoms with Gasteiger partial charge < -0.3 is 0 Å². The van der Waals surface area contributed by atoms with Crippen molar-refractivity contribution in [1.82, 2.24) is 0 Å². The number of hydrogen-bond acceptors (Lipinski definition) is 2. The number of benzene rings is 1. The van der Waals surface area contributed by atoms with Crippen LogP contribution in [-0.4, -0.2) is 0 Å². The summed E-state index contributed by atoms with van der Waals surface area (Å²) >= 11 is 11.2. The molecule has 10 heavy (non-hydrogen) atoms. The zero-order valence-electron chi connectivity index (χ0n) is 4.94. The van der Waals surface area contributed by atoms with Crippen LogP contribution in [0.15, 0.2) is 23.3 Å². The molecule has 0 atom stereocenters. The molecule has 0 fully saturated rings. The smallest absolute Gasteiger partial charge is 0.0879 e. The maximum atomic E-state index is 6.64. The van der Waals surface area contributed by atoms with Gasteiger partial charge in [-0.05, 0) is 18.2 Å². The van der Waals surface area contributed by atoms with Crippen molar-refractivity contribution in [2.75, 3.05) is 0 Å². The van der Waals surface area contributed by atoms with Crippen LogP contribution in [0.4, 0.5) is 5.69 Å². The third-order valence-electron chi connectivity index (χ3n) is 0.976. The van der Waals surface area contributed by atoms with Gasteiger partial charge in [0.1, 0.15) is 0 Å². The first-order valence-electron chi connectivity index (χ1n) is 2.56. The number of rotatable bonds is 1. The standard InChI is InChI=1S/C6H4Cl2N2/c7-4-1-5(8)3-6(2-4)10-9/h1-3,9H. The van der Waals surface area contributed by atoms with Crippen LogP contribution in [0.5, 0.6) is 0 Å². The molecule has 0 saturated heterocycles. The third kappa shape index (κ3) is 1.69. The molecule has 1 aromatic rings. The molecule has 52 valence electrons. The predicted octanol–water partition coefficient (Wildman–Crippen LogP) is 3.66. The molecule has 0 saturated carbocycles. The lowest BCUT2D eigenvalue weighted by Gasteiger charge is -1.93. The van der Waals surface area contributed by atoms with E-state index in [4.69, 9.17) is 28.7 Å². The first kappa shape index (κ1) is 7.51. The Labute approximate surface area is 68.3 Å². The van der Waals surface area contributed by atoms with E-state index >= 15 is 0 Å². The number of hydrogen-bond donors (Lipinski definition) is 1. The molecule has 0 amide bonds.